The average Bonchev–Trinajstić information content (AvgIpc) is 3.29. The highest BCUT2D eigenvalue weighted by Crippen LogP contribution is 2.51. The van der Waals surface area contributed by atoms with Crippen LogP contribution in [0.25, 0.3) is 0 Å². The van der Waals surface area contributed by atoms with E-state index in [-0.39, 0.29) is 5.54 Å². The Bertz CT molecular complexity index is 627. The van der Waals surface area contributed by atoms with Crippen molar-refractivity contribution in [3.8, 4) is 0 Å². The number of aliphatic imine (C=N–C) groups is 1. The Balaban J connectivity index is 1.69. The molecule has 0 aromatic heterocycles. The number of hydrogen-bond acceptors (Lipinski definition) is 2. The van der Waals surface area contributed by atoms with Gasteiger partial charge in [0, 0.05) is 6.54 Å². The quantitative estimate of drug-likeness (QED) is 0.788. The van der Waals surface area contributed by atoms with Crippen molar-refractivity contribution < 1.29 is 0 Å². The standard InChI is InChI=1S/C17H16N2/c1-2-7-15(8-3-1)17(10-11-17)19-12-14-6-4-5-9-16(14)18-13-19/h1-9,13H,10-12H2. The molecule has 1 heterocycles. The number of rotatable bonds is 2. The summed E-state index contributed by atoms with van der Waals surface area (Å²) in [6.45, 7) is 0.967. The Morgan fingerprint density at radius 3 is 2.42 bits per heavy atom. The van der Waals surface area contributed by atoms with E-state index in [0.29, 0.717) is 0 Å². The second-order valence-electron chi connectivity index (χ2n) is 5.40. The maximum atomic E-state index is 4.61. The van der Waals surface area contributed by atoms with Crippen molar-refractivity contribution in [1.29, 1.82) is 0 Å². The molecule has 2 heteroatoms. The zero-order chi connectivity index (χ0) is 12.7. The highest BCUT2D eigenvalue weighted by molar-refractivity contribution is 5.68. The minimum Gasteiger partial charge on any atom is -0.348 e. The van der Waals surface area contributed by atoms with Gasteiger partial charge in [-0.25, -0.2) is 4.99 Å². The molecule has 94 valence electrons. The Morgan fingerprint density at radius 2 is 1.63 bits per heavy atom. The van der Waals surface area contributed by atoms with E-state index in [1.807, 2.05) is 6.34 Å². The predicted molar refractivity (Wildman–Crippen MR) is 77.5 cm³/mol. The van der Waals surface area contributed by atoms with E-state index in [1.165, 1.54) is 24.0 Å². The summed E-state index contributed by atoms with van der Waals surface area (Å²) >= 11 is 0. The van der Waals surface area contributed by atoms with E-state index in [1.54, 1.807) is 0 Å². The van der Waals surface area contributed by atoms with E-state index in [2.05, 4.69) is 64.5 Å². The maximum Gasteiger partial charge on any atom is 0.0922 e. The van der Waals surface area contributed by atoms with Crippen molar-refractivity contribution in [2.75, 3.05) is 0 Å². The largest absolute Gasteiger partial charge is 0.348 e. The molecule has 1 aliphatic carbocycles. The van der Waals surface area contributed by atoms with Crippen LogP contribution < -0.4 is 0 Å². The lowest BCUT2D eigenvalue weighted by atomic mass is 10.0. The third-order valence-electron chi connectivity index (χ3n) is 4.25. The van der Waals surface area contributed by atoms with E-state index in [4.69, 9.17) is 0 Å². The SMILES string of the molecule is C1=Nc2ccccc2CN1C1(c2ccccc2)CC1. The monoisotopic (exact) mass is 248 g/mol. The first-order chi connectivity index (χ1) is 9.38. The minimum atomic E-state index is 0.193. The van der Waals surface area contributed by atoms with E-state index >= 15 is 0 Å². The van der Waals surface area contributed by atoms with E-state index in [9.17, 15) is 0 Å². The van der Waals surface area contributed by atoms with Crippen LogP contribution in [-0.2, 0) is 12.1 Å². The second-order valence-corrected chi connectivity index (χ2v) is 5.40. The molecule has 0 unspecified atom stereocenters. The molecule has 19 heavy (non-hydrogen) atoms. The van der Waals surface area contributed by atoms with Crippen LogP contribution in [0.5, 0.6) is 0 Å². The van der Waals surface area contributed by atoms with Gasteiger partial charge in [-0.15, -0.1) is 0 Å². The number of fused-ring (bicyclic) bond motifs is 1. The lowest BCUT2D eigenvalue weighted by Gasteiger charge is -2.33. The molecule has 2 nitrogen and oxygen atoms in total. The Labute approximate surface area is 113 Å². The molecule has 1 aliphatic heterocycles. The molecule has 2 aliphatic rings. The maximum absolute atomic E-state index is 4.61. The Hall–Kier alpha value is -2.09. The molecule has 0 N–H and O–H groups in total. The van der Waals surface area contributed by atoms with Crippen molar-refractivity contribution in [2.24, 2.45) is 4.99 Å². The third-order valence-corrected chi connectivity index (χ3v) is 4.25. The summed E-state index contributed by atoms with van der Waals surface area (Å²) in [7, 11) is 0. The van der Waals surface area contributed by atoms with Crippen molar-refractivity contribution in [1.82, 2.24) is 4.90 Å². The average molecular weight is 248 g/mol. The minimum absolute atomic E-state index is 0.193. The predicted octanol–water partition coefficient (Wildman–Crippen LogP) is 3.85. The fraction of sp³-hybridized carbons (Fsp3) is 0.235. The van der Waals surface area contributed by atoms with Gasteiger partial charge in [0.2, 0.25) is 0 Å². The zero-order valence-corrected chi connectivity index (χ0v) is 10.8. The molecule has 0 radical (unpaired) electrons. The summed E-state index contributed by atoms with van der Waals surface area (Å²) in [5, 5.41) is 0. The van der Waals surface area contributed by atoms with Gasteiger partial charge in [0.05, 0.1) is 17.6 Å². The van der Waals surface area contributed by atoms with Crippen LogP contribution in [0.4, 0.5) is 5.69 Å². The molecule has 2 aromatic carbocycles. The smallest absolute Gasteiger partial charge is 0.0922 e. The lowest BCUT2D eigenvalue weighted by molar-refractivity contribution is 0.292. The van der Waals surface area contributed by atoms with Gasteiger partial charge in [0.15, 0.2) is 0 Å². The van der Waals surface area contributed by atoms with Gasteiger partial charge < -0.3 is 4.90 Å². The molecule has 0 bridgehead atoms. The third kappa shape index (κ3) is 1.67. The number of hydrogen-bond donors (Lipinski definition) is 0. The Morgan fingerprint density at radius 1 is 0.895 bits per heavy atom. The number of nitrogens with zero attached hydrogens (tertiary/aromatic N) is 2. The molecule has 0 spiro atoms. The van der Waals surface area contributed by atoms with Crippen LogP contribution in [0, 0.1) is 0 Å². The highest BCUT2D eigenvalue weighted by atomic mass is 15.3. The summed E-state index contributed by atoms with van der Waals surface area (Å²) in [5.74, 6) is 0. The molecular formula is C17H16N2. The van der Waals surface area contributed by atoms with E-state index in [0.717, 1.165) is 12.2 Å². The Kier molecular flexibility index (Phi) is 2.25. The van der Waals surface area contributed by atoms with E-state index < -0.39 is 0 Å². The molecule has 2 aromatic rings. The first kappa shape index (κ1) is 10.8. The fourth-order valence-corrected chi connectivity index (χ4v) is 3.00. The summed E-state index contributed by atoms with van der Waals surface area (Å²) in [4.78, 5) is 7.01. The van der Waals surface area contributed by atoms with Gasteiger partial charge in [0.1, 0.15) is 0 Å². The topological polar surface area (TPSA) is 15.6 Å². The molecule has 0 saturated heterocycles. The second kappa shape index (κ2) is 3.95. The first-order valence-corrected chi connectivity index (χ1v) is 6.83. The van der Waals surface area contributed by atoms with Gasteiger partial charge in [-0.2, -0.15) is 0 Å². The van der Waals surface area contributed by atoms with Crippen LogP contribution in [0.1, 0.15) is 24.0 Å². The van der Waals surface area contributed by atoms with Gasteiger partial charge in [-0.3, -0.25) is 0 Å². The molecule has 1 fully saturated rings. The highest BCUT2D eigenvalue weighted by Gasteiger charge is 2.49. The van der Waals surface area contributed by atoms with Crippen molar-refractivity contribution in [3.63, 3.8) is 0 Å². The number of para-hydroxylation sites is 1. The van der Waals surface area contributed by atoms with Gasteiger partial charge >= 0.3 is 0 Å². The summed E-state index contributed by atoms with van der Waals surface area (Å²) in [6, 6.07) is 19.2. The zero-order valence-electron chi connectivity index (χ0n) is 10.8. The molecule has 0 amide bonds. The fourth-order valence-electron chi connectivity index (χ4n) is 3.00. The molecule has 1 saturated carbocycles. The summed E-state index contributed by atoms with van der Waals surface area (Å²) in [6.07, 6.45) is 4.48. The molecule has 4 rings (SSSR count). The molecule has 0 atom stereocenters. The van der Waals surface area contributed by atoms with Crippen LogP contribution in [0.2, 0.25) is 0 Å². The van der Waals surface area contributed by atoms with Crippen molar-refractivity contribution >= 4 is 12.0 Å². The first-order valence-electron chi connectivity index (χ1n) is 6.83. The van der Waals surface area contributed by atoms with Gasteiger partial charge in [-0.1, -0.05) is 48.5 Å². The van der Waals surface area contributed by atoms with Gasteiger partial charge in [-0.05, 0) is 30.0 Å². The number of benzene rings is 2. The summed E-state index contributed by atoms with van der Waals surface area (Å²) in [5.41, 5.74) is 4.05. The van der Waals surface area contributed by atoms with Crippen LogP contribution in [0.3, 0.4) is 0 Å². The van der Waals surface area contributed by atoms with Crippen molar-refractivity contribution in [3.05, 3.63) is 65.7 Å². The lowest BCUT2D eigenvalue weighted by Crippen LogP contribution is -2.35. The van der Waals surface area contributed by atoms with Crippen LogP contribution >= 0.6 is 0 Å². The van der Waals surface area contributed by atoms with Gasteiger partial charge in [0.25, 0.3) is 0 Å². The van der Waals surface area contributed by atoms with Crippen LogP contribution in [-0.4, -0.2) is 11.2 Å². The summed E-state index contributed by atoms with van der Waals surface area (Å²) < 4.78 is 0. The van der Waals surface area contributed by atoms with Crippen molar-refractivity contribution in [2.45, 2.75) is 24.9 Å². The van der Waals surface area contributed by atoms with Crippen LogP contribution in [0.15, 0.2) is 59.6 Å². The molecular weight excluding hydrogens is 232 g/mol. The normalized spacial score (nSPS) is 19.1.